The van der Waals surface area contributed by atoms with Crippen molar-refractivity contribution in [3.8, 4) is 0 Å². The molecule has 12 heavy (non-hydrogen) atoms. The van der Waals surface area contributed by atoms with Gasteiger partial charge in [0.15, 0.2) is 0 Å². The van der Waals surface area contributed by atoms with E-state index in [4.69, 9.17) is 4.55 Å². The van der Waals surface area contributed by atoms with E-state index < -0.39 is 21.7 Å². The lowest BCUT2D eigenvalue weighted by Gasteiger charge is -2.17. The van der Waals surface area contributed by atoms with Crippen LogP contribution >= 0.6 is 0 Å². The molecule has 0 spiro atoms. The normalized spacial score (nSPS) is 14.8. The maximum atomic E-state index is 11.9. The van der Waals surface area contributed by atoms with Gasteiger partial charge >= 0.3 is 21.7 Å². The van der Waals surface area contributed by atoms with Crippen molar-refractivity contribution in [3.63, 3.8) is 0 Å². The van der Waals surface area contributed by atoms with E-state index in [1.807, 2.05) is 0 Å². The van der Waals surface area contributed by atoms with Crippen molar-refractivity contribution in [1.82, 2.24) is 0 Å². The van der Waals surface area contributed by atoms with Crippen LogP contribution in [0.1, 0.15) is 6.92 Å². The predicted octanol–water partition coefficient (Wildman–Crippen LogP) is 1.05. The highest BCUT2D eigenvalue weighted by atomic mass is 32.2. The van der Waals surface area contributed by atoms with Crippen LogP contribution in [0, 0.1) is 0 Å². The maximum absolute atomic E-state index is 11.9. The van der Waals surface area contributed by atoms with Gasteiger partial charge in [0.2, 0.25) is 0 Å². The summed E-state index contributed by atoms with van der Waals surface area (Å²) in [5, 5.41) is 0. The molecule has 0 unspecified atom stereocenters. The first-order chi connectivity index (χ1) is 4.96. The van der Waals surface area contributed by atoms with Gasteiger partial charge in [-0.05, 0) is 0 Å². The van der Waals surface area contributed by atoms with E-state index >= 15 is 0 Å². The van der Waals surface area contributed by atoms with Crippen molar-refractivity contribution in [3.05, 3.63) is 0 Å². The smallest absolute Gasteiger partial charge is 0.279 e. The molecule has 0 heterocycles. The second kappa shape index (κ2) is 2.82. The summed E-state index contributed by atoms with van der Waals surface area (Å²) in [4.78, 5) is 0. The van der Waals surface area contributed by atoms with Gasteiger partial charge in [-0.15, -0.1) is 0 Å². The van der Waals surface area contributed by atoms with Gasteiger partial charge in [0.1, 0.15) is 0 Å². The second-order valence-electron chi connectivity index (χ2n) is 1.85. The Morgan fingerprint density at radius 3 is 1.67 bits per heavy atom. The number of alkyl halides is 4. The first-order valence-electron chi connectivity index (χ1n) is 2.38. The summed E-state index contributed by atoms with van der Waals surface area (Å²) >= 11 is 0. The molecule has 0 rings (SSSR count). The molecule has 0 aromatic carbocycles. The van der Waals surface area contributed by atoms with Crippen molar-refractivity contribution < 1.29 is 35.3 Å². The van der Waals surface area contributed by atoms with Crippen LogP contribution in [0.5, 0.6) is 0 Å². The molecule has 0 aromatic heterocycles. The molecule has 0 aliphatic heterocycles. The van der Waals surface area contributed by atoms with Gasteiger partial charge in [0.05, 0.1) is 0 Å². The third-order valence-electron chi connectivity index (χ3n) is 0.598. The van der Waals surface area contributed by atoms with Crippen LogP contribution in [0.25, 0.3) is 0 Å². The van der Waals surface area contributed by atoms with Gasteiger partial charge in [0, 0.05) is 6.92 Å². The molecule has 0 aliphatic carbocycles. The van der Waals surface area contributed by atoms with Crippen LogP contribution < -0.4 is 0 Å². The van der Waals surface area contributed by atoms with Crippen molar-refractivity contribution in [2.75, 3.05) is 0 Å². The molecule has 0 radical (unpaired) electrons. The molecule has 0 saturated carbocycles. The summed E-state index contributed by atoms with van der Waals surface area (Å²) in [7, 11) is -5.97. The summed E-state index contributed by atoms with van der Waals surface area (Å²) in [6, 6.07) is 0. The SMILES string of the molecule is CC(F)(F)OC(F)(F)S(=O)(=O)O. The van der Waals surface area contributed by atoms with E-state index in [1.54, 1.807) is 0 Å². The third-order valence-corrected chi connectivity index (χ3v) is 1.28. The highest BCUT2D eigenvalue weighted by Gasteiger charge is 2.52. The number of ether oxygens (including phenoxy) is 1. The van der Waals surface area contributed by atoms with Crippen LogP contribution in [-0.2, 0) is 14.9 Å². The molecule has 74 valence electrons. The van der Waals surface area contributed by atoms with Gasteiger partial charge in [-0.25, -0.2) is 4.74 Å². The van der Waals surface area contributed by atoms with Crippen LogP contribution in [0.4, 0.5) is 17.6 Å². The maximum Gasteiger partial charge on any atom is 0.492 e. The summed E-state index contributed by atoms with van der Waals surface area (Å²) < 4.78 is 76.6. The minimum atomic E-state index is -5.97. The van der Waals surface area contributed by atoms with Gasteiger partial charge in [-0.2, -0.15) is 26.0 Å². The minimum absolute atomic E-state index is 0.0912. The van der Waals surface area contributed by atoms with Gasteiger partial charge in [0.25, 0.3) is 0 Å². The first-order valence-corrected chi connectivity index (χ1v) is 3.82. The standard InChI is InChI=1S/C3H4F4O4S/c1-2(4,5)11-3(6,7)12(8,9)10/h1H3,(H,8,9,10). The van der Waals surface area contributed by atoms with E-state index in [9.17, 15) is 26.0 Å². The Labute approximate surface area is 64.9 Å². The molecule has 0 bridgehead atoms. The van der Waals surface area contributed by atoms with E-state index in [0.717, 1.165) is 0 Å². The summed E-state index contributed by atoms with van der Waals surface area (Å²) in [6.07, 6.45) is -4.35. The highest BCUT2D eigenvalue weighted by molar-refractivity contribution is 7.86. The van der Waals surface area contributed by atoms with E-state index in [-0.39, 0.29) is 6.92 Å². The molecular weight excluding hydrogens is 208 g/mol. The average Bonchev–Trinajstić information content (AvgIpc) is 1.52. The largest absolute Gasteiger partial charge is 0.492 e. The van der Waals surface area contributed by atoms with E-state index in [2.05, 4.69) is 4.74 Å². The number of hydrogen-bond donors (Lipinski definition) is 1. The fraction of sp³-hybridized carbons (Fsp3) is 1.00. The second-order valence-corrected chi connectivity index (χ2v) is 3.27. The zero-order chi connectivity index (χ0) is 10.2. The van der Waals surface area contributed by atoms with Crippen LogP contribution in [0.15, 0.2) is 0 Å². The molecule has 0 fully saturated rings. The summed E-state index contributed by atoms with van der Waals surface area (Å²) in [5.41, 5.74) is -5.30. The van der Waals surface area contributed by atoms with Crippen molar-refractivity contribution in [1.29, 1.82) is 0 Å². The Bertz CT molecular complexity index is 252. The van der Waals surface area contributed by atoms with Gasteiger partial charge < -0.3 is 0 Å². The Balaban J connectivity index is 4.68. The topological polar surface area (TPSA) is 63.6 Å². The fourth-order valence-electron chi connectivity index (χ4n) is 0.261. The van der Waals surface area contributed by atoms with Crippen LogP contribution in [0.3, 0.4) is 0 Å². The van der Waals surface area contributed by atoms with E-state index in [0.29, 0.717) is 0 Å². The highest BCUT2D eigenvalue weighted by Crippen LogP contribution is 2.29. The predicted molar refractivity (Wildman–Crippen MR) is 28.2 cm³/mol. The van der Waals surface area contributed by atoms with Crippen molar-refractivity contribution in [2.45, 2.75) is 18.5 Å². The molecule has 0 saturated heterocycles. The molecule has 4 nitrogen and oxygen atoms in total. The molecule has 0 atom stereocenters. The zero-order valence-corrected chi connectivity index (χ0v) is 6.41. The molecule has 1 N–H and O–H groups in total. The Morgan fingerprint density at radius 2 is 1.58 bits per heavy atom. The molecule has 0 amide bonds. The van der Waals surface area contributed by atoms with Crippen LogP contribution in [0.2, 0.25) is 0 Å². The summed E-state index contributed by atoms with van der Waals surface area (Å²) in [5.74, 6) is 0. The van der Waals surface area contributed by atoms with Gasteiger partial charge in [-0.1, -0.05) is 0 Å². The van der Waals surface area contributed by atoms with E-state index in [1.165, 1.54) is 0 Å². The quantitative estimate of drug-likeness (QED) is 0.561. The summed E-state index contributed by atoms with van der Waals surface area (Å²) in [6.45, 7) is -0.0912. The Morgan fingerprint density at radius 1 is 1.25 bits per heavy atom. The molecule has 0 aliphatic rings. The van der Waals surface area contributed by atoms with Crippen molar-refractivity contribution in [2.24, 2.45) is 0 Å². The Kier molecular flexibility index (Phi) is 2.72. The van der Waals surface area contributed by atoms with Crippen molar-refractivity contribution >= 4 is 10.1 Å². The number of halogens is 4. The zero-order valence-electron chi connectivity index (χ0n) is 5.59. The molecular formula is C3H4F4O4S. The third kappa shape index (κ3) is 3.32. The molecule has 9 heteroatoms. The minimum Gasteiger partial charge on any atom is -0.279 e. The Hall–Kier alpha value is -0.410. The number of rotatable bonds is 3. The lowest BCUT2D eigenvalue weighted by Crippen LogP contribution is -2.37. The molecule has 0 aromatic rings. The monoisotopic (exact) mass is 212 g/mol. The average molecular weight is 212 g/mol. The lowest BCUT2D eigenvalue weighted by molar-refractivity contribution is -0.331. The lowest BCUT2D eigenvalue weighted by atomic mass is 10.7. The van der Waals surface area contributed by atoms with Gasteiger partial charge in [-0.3, -0.25) is 4.55 Å². The fourth-order valence-corrected chi connectivity index (χ4v) is 0.513. The number of hydrogen-bond acceptors (Lipinski definition) is 3. The first kappa shape index (κ1) is 11.6. The van der Waals surface area contributed by atoms with Crippen LogP contribution in [-0.4, -0.2) is 24.5 Å².